The topological polar surface area (TPSA) is 84.3 Å². The first kappa shape index (κ1) is 19.9. The number of carbonyl (C=O) groups is 1. The molecule has 0 unspecified atom stereocenters. The first-order valence-electron chi connectivity index (χ1n) is 8.96. The van der Waals surface area contributed by atoms with Crippen LogP contribution in [0.25, 0.3) is 0 Å². The number of aryl methyl sites for hydroxylation is 1. The number of hydrogen-bond acceptors (Lipinski definition) is 4. The first-order chi connectivity index (χ1) is 12.9. The molecule has 1 aromatic carbocycles. The number of nitrogens with one attached hydrogen (secondary N) is 1. The molecule has 2 heterocycles. The van der Waals surface area contributed by atoms with Crippen LogP contribution in [0.3, 0.4) is 0 Å². The van der Waals surface area contributed by atoms with E-state index in [1.54, 1.807) is 41.2 Å². The minimum atomic E-state index is -3.50. The van der Waals surface area contributed by atoms with Gasteiger partial charge in [-0.25, -0.2) is 8.42 Å². The fraction of sp³-hybridized carbons (Fsp3) is 0.444. The molecule has 27 heavy (non-hydrogen) atoms. The normalized spacial score (nSPS) is 16.4. The summed E-state index contributed by atoms with van der Waals surface area (Å²) in [6.07, 6.45) is 2.57. The van der Waals surface area contributed by atoms with E-state index in [2.05, 4.69) is 10.4 Å². The monoisotopic (exact) mass is 410 g/mol. The fourth-order valence-electron chi connectivity index (χ4n) is 3.25. The number of halogens is 1. The van der Waals surface area contributed by atoms with Gasteiger partial charge in [-0.2, -0.15) is 9.40 Å². The summed E-state index contributed by atoms with van der Waals surface area (Å²) in [5.74, 6) is -0.282. The van der Waals surface area contributed by atoms with E-state index < -0.39 is 10.0 Å². The molecule has 1 aliphatic heterocycles. The van der Waals surface area contributed by atoms with Crippen LogP contribution in [0.4, 0.5) is 0 Å². The zero-order valence-corrected chi connectivity index (χ0v) is 16.7. The summed E-state index contributed by atoms with van der Waals surface area (Å²) in [5, 5.41) is 7.58. The second kappa shape index (κ2) is 8.41. The summed E-state index contributed by atoms with van der Waals surface area (Å²) in [7, 11) is -3.50. The number of hydrogen-bond donors (Lipinski definition) is 1. The number of sulfonamides is 1. The Bertz CT molecular complexity index is 891. The largest absolute Gasteiger partial charge is 0.350 e. The Morgan fingerprint density at radius 1 is 1.26 bits per heavy atom. The number of carbonyl (C=O) groups excluding carboxylic acids is 1. The van der Waals surface area contributed by atoms with Gasteiger partial charge in [0.15, 0.2) is 0 Å². The Morgan fingerprint density at radius 3 is 2.56 bits per heavy atom. The summed E-state index contributed by atoms with van der Waals surface area (Å²) >= 11 is 6.11. The third-order valence-corrected chi connectivity index (χ3v) is 7.06. The highest BCUT2D eigenvalue weighted by Crippen LogP contribution is 2.24. The second-order valence-electron chi connectivity index (χ2n) is 6.46. The zero-order chi connectivity index (χ0) is 19.4. The highest BCUT2D eigenvalue weighted by molar-refractivity contribution is 7.89. The fourth-order valence-corrected chi connectivity index (χ4v) is 4.95. The highest BCUT2D eigenvalue weighted by Gasteiger charge is 2.32. The SMILES string of the molecule is CCn1ncc(Cl)c1CNC(=O)C1CCN(S(=O)(=O)c2ccccc2)CC1. The van der Waals surface area contributed by atoms with E-state index in [0.29, 0.717) is 44.0 Å². The molecular weight excluding hydrogens is 388 g/mol. The second-order valence-corrected chi connectivity index (χ2v) is 8.81. The molecule has 0 spiro atoms. The molecule has 1 saturated heterocycles. The van der Waals surface area contributed by atoms with Crippen molar-refractivity contribution in [1.82, 2.24) is 19.4 Å². The summed E-state index contributed by atoms with van der Waals surface area (Å²) < 4.78 is 28.5. The van der Waals surface area contributed by atoms with Gasteiger partial charge in [0.05, 0.1) is 28.4 Å². The van der Waals surface area contributed by atoms with Gasteiger partial charge >= 0.3 is 0 Å². The maximum absolute atomic E-state index is 12.7. The molecule has 0 atom stereocenters. The van der Waals surface area contributed by atoms with Crippen molar-refractivity contribution in [3.63, 3.8) is 0 Å². The van der Waals surface area contributed by atoms with Gasteiger partial charge < -0.3 is 5.32 Å². The van der Waals surface area contributed by atoms with E-state index >= 15 is 0 Å². The minimum absolute atomic E-state index is 0.0771. The van der Waals surface area contributed by atoms with Crippen LogP contribution in [0.5, 0.6) is 0 Å². The van der Waals surface area contributed by atoms with Crippen LogP contribution in [-0.4, -0.2) is 41.5 Å². The summed E-state index contributed by atoms with van der Waals surface area (Å²) in [6, 6.07) is 8.38. The Labute approximate surface area is 164 Å². The molecule has 1 aliphatic rings. The van der Waals surface area contributed by atoms with Crippen molar-refractivity contribution < 1.29 is 13.2 Å². The van der Waals surface area contributed by atoms with Crippen molar-refractivity contribution in [2.24, 2.45) is 5.92 Å². The average Bonchev–Trinajstić information content (AvgIpc) is 3.06. The van der Waals surface area contributed by atoms with E-state index in [4.69, 9.17) is 11.6 Å². The molecule has 3 rings (SSSR count). The van der Waals surface area contributed by atoms with E-state index in [1.807, 2.05) is 6.92 Å². The maximum Gasteiger partial charge on any atom is 0.243 e. The van der Waals surface area contributed by atoms with Crippen LogP contribution in [0, 0.1) is 5.92 Å². The molecule has 7 nitrogen and oxygen atoms in total. The van der Waals surface area contributed by atoms with Crippen molar-refractivity contribution >= 4 is 27.5 Å². The quantitative estimate of drug-likeness (QED) is 0.791. The molecule has 1 fully saturated rings. The number of piperidine rings is 1. The number of benzene rings is 1. The summed E-state index contributed by atoms with van der Waals surface area (Å²) in [5.41, 5.74) is 0.775. The third kappa shape index (κ3) is 4.34. The molecule has 9 heteroatoms. The van der Waals surface area contributed by atoms with Crippen molar-refractivity contribution in [1.29, 1.82) is 0 Å². The molecular formula is C18H23ClN4O3S. The van der Waals surface area contributed by atoms with Crippen LogP contribution in [-0.2, 0) is 27.9 Å². The predicted molar refractivity (Wildman–Crippen MR) is 103 cm³/mol. The average molecular weight is 411 g/mol. The van der Waals surface area contributed by atoms with Gasteiger partial charge in [0.2, 0.25) is 15.9 Å². The van der Waals surface area contributed by atoms with Crippen LogP contribution < -0.4 is 5.32 Å². The van der Waals surface area contributed by atoms with Crippen LogP contribution in [0.15, 0.2) is 41.4 Å². The smallest absolute Gasteiger partial charge is 0.243 e. The minimum Gasteiger partial charge on any atom is -0.350 e. The van der Waals surface area contributed by atoms with Gasteiger partial charge in [0.25, 0.3) is 0 Å². The van der Waals surface area contributed by atoms with Gasteiger partial charge in [-0.15, -0.1) is 0 Å². The van der Waals surface area contributed by atoms with E-state index in [1.165, 1.54) is 4.31 Å². The molecule has 1 aromatic heterocycles. The van der Waals surface area contributed by atoms with Crippen molar-refractivity contribution in [3.8, 4) is 0 Å². The van der Waals surface area contributed by atoms with Gasteiger partial charge in [-0.05, 0) is 31.9 Å². The maximum atomic E-state index is 12.7. The third-order valence-electron chi connectivity index (χ3n) is 4.83. The lowest BCUT2D eigenvalue weighted by Gasteiger charge is -2.30. The Morgan fingerprint density at radius 2 is 1.93 bits per heavy atom. The lowest BCUT2D eigenvalue weighted by atomic mass is 9.97. The molecule has 2 aromatic rings. The summed E-state index contributed by atoms with van der Waals surface area (Å²) in [4.78, 5) is 12.8. The van der Waals surface area contributed by atoms with Gasteiger partial charge in [-0.3, -0.25) is 9.48 Å². The van der Waals surface area contributed by atoms with E-state index in [-0.39, 0.29) is 16.7 Å². The lowest BCUT2D eigenvalue weighted by molar-refractivity contribution is -0.126. The highest BCUT2D eigenvalue weighted by atomic mass is 35.5. The lowest BCUT2D eigenvalue weighted by Crippen LogP contribution is -2.43. The molecule has 0 radical (unpaired) electrons. The van der Waals surface area contributed by atoms with Crippen molar-refractivity contribution in [2.75, 3.05) is 13.1 Å². The number of rotatable bonds is 6. The Kier molecular flexibility index (Phi) is 6.18. The Balaban J connectivity index is 1.56. The van der Waals surface area contributed by atoms with Gasteiger partial charge in [0.1, 0.15) is 0 Å². The number of nitrogens with zero attached hydrogens (tertiary/aromatic N) is 3. The van der Waals surface area contributed by atoms with E-state index in [9.17, 15) is 13.2 Å². The van der Waals surface area contributed by atoms with Gasteiger partial charge in [0, 0.05) is 25.6 Å². The molecule has 0 bridgehead atoms. The number of aromatic nitrogens is 2. The Hall–Kier alpha value is -1.90. The molecule has 1 N–H and O–H groups in total. The first-order valence-corrected chi connectivity index (χ1v) is 10.8. The van der Waals surface area contributed by atoms with Crippen LogP contribution in [0.1, 0.15) is 25.5 Å². The van der Waals surface area contributed by atoms with Crippen molar-refractivity contribution in [2.45, 2.75) is 37.8 Å². The molecule has 0 saturated carbocycles. The number of amides is 1. The van der Waals surface area contributed by atoms with E-state index in [0.717, 1.165) is 5.69 Å². The predicted octanol–water partition coefficient (Wildman–Crippen LogP) is 2.27. The zero-order valence-electron chi connectivity index (χ0n) is 15.1. The van der Waals surface area contributed by atoms with Crippen LogP contribution >= 0.6 is 11.6 Å². The molecule has 146 valence electrons. The summed E-state index contributed by atoms with van der Waals surface area (Å²) in [6.45, 7) is 3.62. The standard InChI is InChI=1S/C18H23ClN4O3S/c1-2-23-17(16(19)12-21-23)13-20-18(24)14-8-10-22(11-9-14)27(25,26)15-6-4-3-5-7-15/h3-7,12,14H,2,8-11,13H2,1H3,(H,20,24). The van der Waals surface area contributed by atoms with Gasteiger partial charge in [-0.1, -0.05) is 29.8 Å². The molecule has 0 aliphatic carbocycles. The van der Waals surface area contributed by atoms with Crippen LogP contribution in [0.2, 0.25) is 5.02 Å². The van der Waals surface area contributed by atoms with Crippen molar-refractivity contribution in [3.05, 3.63) is 47.2 Å². The molecule has 1 amide bonds.